The number of carboxylic acids is 2. The Bertz CT molecular complexity index is 752. The molecular weight excluding hydrogens is 392 g/mol. The molecule has 0 radical (unpaired) electrons. The maximum Gasteiger partial charge on any atom is 0.414 e. The Morgan fingerprint density at radius 2 is 1.83 bits per heavy atom. The van der Waals surface area contributed by atoms with E-state index < -0.39 is 11.9 Å². The van der Waals surface area contributed by atoms with Crippen molar-refractivity contribution in [2.75, 3.05) is 31.6 Å². The molecule has 0 spiro atoms. The number of hydrogen-bond acceptors (Lipinski definition) is 6. The summed E-state index contributed by atoms with van der Waals surface area (Å²) in [6.07, 6.45) is 2.29. The predicted molar refractivity (Wildman–Crippen MR) is 110 cm³/mol. The lowest BCUT2D eigenvalue weighted by atomic mass is 9.98. The van der Waals surface area contributed by atoms with Gasteiger partial charge in [-0.25, -0.2) is 9.59 Å². The van der Waals surface area contributed by atoms with E-state index in [1.165, 1.54) is 0 Å². The minimum atomic E-state index is -1.82. The van der Waals surface area contributed by atoms with E-state index in [4.69, 9.17) is 24.5 Å². The first-order valence-corrected chi connectivity index (χ1v) is 9.86. The van der Waals surface area contributed by atoms with Gasteiger partial charge in [0.2, 0.25) is 5.91 Å². The molecule has 0 aromatic heterocycles. The van der Waals surface area contributed by atoms with Gasteiger partial charge in [-0.3, -0.25) is 9.59 Å². The van der Waals surface area contributed by atoms with E-state index in [1.807, 2.05) is 39.0 Å². The second kappa shape index (κ2) is 12.6. The van der Waals surface area contributed by atoms with Crippen LogP contribution in [0.1, 0.15) is 37.3 Å². The smallest absolute Gasteiger partial charge is 0.414 e. The molecule has 1 unspecified atom stereocenters. The standard InChI is InChI=1S/C19H28N2O3.C2H2O4/c1-4-24-19(23)16-6-5-10-21(13-16)11-9-18(22)20-17-12-14(2)7-8-15(17)3;3-1(4)2(5)6/h7-8,12,16H,4-6,9-11,13H2,1-3H3,(H,20,22);(H,3,4)(H,5,6). The molecule has 1 aromatic rings. The molecule has 1 amide bonds. The molecule has 0 bridgehead atoms. The molecule has 2 rings (SSSR count). The number of aryl methyl sites for hydroxylation is 2. The van der Waals surface area contributed by atoms with Crippen LogP contribution >= 0.6 is 0 Å². The first kappa shape index (κ1) is 25.1. The highest BCUT2D eigenvalue weighted by Gasteiger charge is 2.26. The number of piperidine rings is 1. The Hall–Kier alpha value is -2.94. The van der Waals surface area contributed by atoms with Crippen LogP contribution in [-0.4, -0.2) is 65.2 Å². The number of hydrogen-bond donors (Lipinski definition) is 3. The Labute approximate surface area is 176 Å². The molecule has 1 saturated heterocycles. The number of likely N-dealkylation sites (tertiary alicyclic amines) is 1. The van der Waals surface area contributed by atoms with Crippen molar-refractivity contribution >= 4 is 29.5 Å². The van der Waals surface area contributed by atoms with Gasteiger partial charge in [-0.05, 0) is 57.4 Å². The number of rotatable bonds is 6. The number of carboxylic acid groups (broad SMARTS) is 2. The summed E-state index contributed by atoms with van der Waals surface area (Å²) >= 11 is 0. The highest BCUT2D eigenvalue weighted by molar-refractivity contribution is 6.27. The summed E-state index contributed by atoms with van der Waals surface area (Å²) in [5.74, 6) is -3.80. The van der Waals surface area contributed by atoms with Gasteiger partial charge in [0.05, 0.1) is 12.5 Å². The van der Waals surface area contributed by atoms with Gasteiger partial charge in [-0.15, -0.1) is 0 Å². The summed E-state index contributed by atoms with van der Waals surface area (Å²) in [4.78, 5) is 44.5. The number of carbonyl (C=O) groups is 4. The molecule has 0 aliphatic carbocycles. The van der Waals surface area contributed by atoms with Gasteiger partial charge in [0, 0.05) is 25.2 Å². The number of carbonyl (C=O) groups excluding carboxylic acids is 2. The Morgan fingerprint density at radius 1 is 1.17 bits per heavy atom. The van der Waals surface area contributed by atoms with Crippen molar-refractivity contribution in [1.29, 1.82) is 0 Å². The van der Waals surface area contributed by atoms with Crippen LogP contribution < -0.4 is 5.32 Å². The van der Waals surface area contributed by atoms with E-state index in [1.54, 1.807) is 0 Å². The van der Waals surface area contributed by atoms with Crippen molar-refractivity contribution in [3.05, 3.63) is 29.3 Å². The molecule has 1 heterocycles. The van der Waals surface area contributed by atoms with Crippen LogP contribution in [0, 0.1) is 19.8 Å². The van der Waals surface area contributed by atoms with Crippen molar-refractivity contribution in [3.8, 4) is 0 Å². The number of amides is 1. The summed E-state index contributed by atoms with van der Waals surface area (Å²) in [5.41, 5.74) is 3.07. The first-order chi connectivity index (χ1) is 14.1. The van der Waals surface area contributed by atoms with Gasteiger partial charge in [0.25, 0.3) is 0 Å². The molecule has 1 aliphatic heterocycles. The lowest BCUT2D eigenvalue weighted by Crippen LogP contribution is -2.40. The summed E-state index contributed by atoms with van der Waals surface area (Å²) < 4.78 is 5.11. The van der Waals surface area contributed by atoms with Crippen LogP contribution in [0.15, 0.2) is 18.2 Å². The van der Waals surface area contributed by atoms with E-state index in [0.717, 1.165) is 36.2 Å². The van der Waals surface area contributed by atoms with Gasteiger partial charge >= 0.3 is 17.9 Å². The molecular formula is C21H30N2O7. The van der Waals surface area contributed by atoms with E-state index in [-0.39, 0.29) is 17.8 Å². The van der Waals surface area contributed by atoms with Crippen LogP contribution in [0.5, 0.6) is 0 Å². The predicted octanol–water partition coefficient (Wildman–Crippen LogP) is 2.06. The molecule has 3 N–H and O–H groups in total. The highest BCUT2D eigenvalue weighted by Crippen LogP contribution is 2.19. The molecule has 1 atom stereocenters. The second-order valence-corrected chi connectivity index (χ2v) is 7.12. The second-order valence-electron chi connectivity index (χ2n) is 7.12. The largest absolute Gasteiger partial charge is 0.473 e. The third kappa shape index (κ3) is 9.04. The molecule has 166 valence electrons. The topological polar surface area (TPSA) is 133 Å². The fraction of sp³-hybridized carbons (Fsp3) is 0.524. The highest BCUT2D eigenvalue weighted by atomic mass is 16.5. The van der Waals surface area contributed by atoms with Crippen LogP contribution in [-0.2, 0) is 23.9 Å². The fourth-order valence-electron chi connectivity index (χ4n) is 3.05. The summed E-state index contributed by atoms with van der Waals surface area (Å²) in [5, 5.41) is 17.8. The maximum atomic E-state index is 12.2. The third-order valence-electron chi connectivity index (χ3n) is 4.63. The summed E-state index contributed by atoms with van der Waals surface area (Å²) in [7, 11) is 0. The van der Waals surface area contributed by atoms with Crippen LogP contribution in [0.25, 0.3) is 0 Å². The average Bonchev–Trinajstić information content (AvgIpc) is 2.70. The molecule has 1 aromatic carbocycles. The Balaban J connectivity index is 0.000000656. The number of anilines is 1. The molecule has 30 heavy (non-hydrogen) atoms. The van der Waals surface area contributed by atoms with Crippen LogP contribution in [0.4, 0.5) is 5.69 Å². The molecule has 1 aliphatic rings. The van der Waals surface area contributed by atoms with Crippen molar-refractivity contribution < 1.29 is 34.1 Å². The number of ether oxygens (including phenoxy) is 1. The number of esters is 1. The number of aliphatic carboxylic acids is 2. The lowest BCUT2D eigenvalue weighted by molar-refractivity contribution is -0.159. The summed E-state index contributed by atoms with van der Waals surface area (Å²) in [6, 6.07) is 6.04. The van der Waals surface area contributed by atoms with Crippen molar-refractivity contribution in [2.24, 2.45) is 5.92 Å². The number of nitrogens with one attached hydrogen (secondary N) is 1. The Morgan fingerprint density at radius 3 is 2.43 bits per heavy atom. The van der Waals surface area contributed by atoms with Crippen LogP contribution in [0.3, 0.4) is 0 Å². The number of benzene rings is 1. The zero-order valence-electron chi connectivity index (χ0n) is 17.6. The van der Waals surface area contributed by atoms with Crippen LogP contribution in [0.2, 0.25) is 0 Å². The summed E-state index contributed by atoms with van der Waals surface area (Å²) in [6.45, 7) is 8.56. The third-order valence-corrected chi connectivity index (χ3v) is 4.63. The van der Waals surface area contributed by atoms with Gasteiger partial charge in [-0.1, -0.05) is 12.1 Å². The maximum absolute atomic E-state index is 12.2. The van der Waals surface area contributed by atoms with Crippen molar-refractivity contribution in [1.82, 2.24) is 4.90 Å². The fourth-order valence-corrected chi connectivity index (χ4v) is 3.05. The van der Waals surface area contributed by atoms with Gasteiger partial charge in [0.15, 0.2) is 0 Å². The molecule has 1 fully saturated rings. The van der Waals surface area contributed by atoms with Gasteiger partial charge < -0.3 is 25.2 Å². The zero-order chi connectivity index (χ0) is 22.7. The van der Waals surface area contributed by atoms with E-state index in [2.05, 4.69) is 10.2 Å². The first-order valence-electron chi connectivity index (χ1n) is 9.86. The lowest BCUT2D eigenvalue weighted by Gasteiger charge is -2.31. The Kier molecular flexibility index (Phi) is 10.5. The normalized spacial score (nSPS) is 16.0. The minimum absolute atomic E-state index is 0.0157. The van der Waals surface area contributed by atoms with Crippen molar-refractivity contribution in [2.45, 2.75) is 40.0 Å². The van der Waals surface area contributed by atoms with E-state index in [0.29, 0.717) is 26.1 Å². The minimum Gasteiger partial charge on any atom is -0.473 e. The monoisotopic (exact) mass is 422 g/mol. The number of nitrogens with zero attached hydrogens (tertiary/aromatic N) is 1. The van der Waals surface area contributed by atoms with Crippen molar-refractivity contribution in [3.63, 3.8) is 0 Å². The molecule has 9 heteroatoms. The average molecular weight is 422 g/mol. The van der Waals surface area contributed by atoms with Gasteiger partial charge in [-0.2, -0.15) is 0 Å². The molecule has 0 saturated carbocycles. The van der Waals surface area contributed by atoms with Gasteiger partial charge in [0.1, 0.15) is 0 Å². The zero-order valence-corrected chi connectivity index (χ0v) is 17.6. The molecule has 9 nitrogen and oxygen atoms in total. The SMILES string of the molecule is CCOC(=O)C1CCCN(CCC(=O)Nc2cc(C)ccc2C)C1.O=C(O)C(=O)O. The van der Waals surface area contributed by atoms with E-state index >= 15 is 0 Å². The van der Waals surface area contributed by atoms with E-state index in [9.17, 15) is 9.59 Å². The quantitative estimate of drug-likeness (QED) is 0.469.